The number of hydrogen-bond acceptors (Lipinski definition) is 2. The monoisotopic (exact) mass is 280 g/mol. The van der Waals surface area contributed by atoms with Gasteiger partial charge < -0.3 is 4.74 Å². The maximum absolute atomic E-state index is 6.36. The minimum Gasteiger partial charge on any atom is -0.497 e. The predicted octanol–water partition coefficient (Wildman–Crippen LogP) is 4.54. The van der Waals surface area contributed by atoms with Gasteiger partial charge in [0.1, 0.15) is 5.75 Å². The molecule has 0 bridgehead atoms. The fourth-order valence-electron chi connectivity index (χ4n) is 1.88. The molecule has 96 valence electrons. The van der Waals surface area contributed by atoms with Gasteiger partial charge in [-0.25, -0.2) is 0 Å². The van der Waals surface area contributed by atoms with Crippen LogP contribution in [0.4, 0.5) is 0 Å². The third kappa shape index (κ3) is 4.04. The van der Waals surface area contributed by atoms with E-state index in [4.69, 9.17) is 16.3 Å². The van der Waals surface area contributed by atoms with Crippen molar-refractivity contribution in [2.24, 2.45) is 0 Å². The van der Waals surface area contributed by atoms with Gasteiger partial charge in [0.2, 0.25) is 0 Å². The molecule has 0 aliphatic rings. The summed E-state index contributed by atoms with van der Waals surface area (Å²) in [6, 6.07) is 10.3. The average molecular weight is 281 g/mol. The van der Waals surface area contributed by atoms with Crippen molar-refractivity contribution in [2.45, 2.75) is 24.6 Å². The predicted molar refractivity (Wildman–Crippen MR) is 79.0 cm³/mol. The second-order valence-electron chi connectivity index (χ2n) is 4.32. The van der Waals surface area contributed by atoms with Gasteiger partial charge in [-0.3, -0.25) is 0 Å². The van der Waals surface area contributed by atoms with Crippen molar-refractivity contribution < 1.29 is 4.74 Å². The van der Waals surface area contributed by atoms with Gasteiger partial charge in [-0.1, -0.05) is 12.1 Å². The van der Waals surface area contributed by atoms with Crippen LogP contribution in [-0.2, 0) is 12.8 Å². The van der Waals surface area contributed by atoms with Crippen LogP contribution in [0, 0.1) is 0 Å². The zero-order valence-corrected chi connectivity index (χ0v) is 12.0. The molecular weight excluding hydrogens is 264 g/mol. The lowest BCUT2D eigenvalue weighted by molar-refractivity contribution is 0.414. The van der Waals surface area contributed by atoms with Crippen LogP contribution in [0.1, 0.15) is 17.5 Å². The molecule has 0 saturated carbocycles. The molecule has 0 radical (unpaired) electrons. The van der Waals surface area contributed by atoms with E-state index in [1.54, 1.807) is 18.4 Å². The Bertz CT molecular complexity index is 450. The Labute approximate surface area is 117 Å². The lowest BCUT2D eigenvalue weighted by Gasteiger charge is -2.08. The van der Waals surface area contributed by atoms with Gasteiger partial charge in [-0.2, -0.15) is 11.3 Å². The summed E-state index contributed by atoms with van der Waals surface area (Å²) in [5.41, 5.74) is 2.65. The number of rotatable bonds is 6. The molecule has 0 amide bonds. The smallest absolute Gasteiger partial charge is 0.118 e. The number of benzene rings is 1. The van der Waals surface area contributed by atoms with Gasteiger partial charge in [0.25, 0.3) is 0 Å². The number of aryl methyl sites for hydroxylation is 1. The summed E-state index contributed by atoms with van der Waals surface area (Å²) in [6.07, 6.45) is 2.98. The number of methoxy groups -OCH3 is 1. The molecule has 18 heavy (non-hydrogen) atoms. The van der Waals surface area contributed by atoms with E-state index in [0.717, 1.165) is 25.0 Å². The van der Waals surface area contributed by atoms with Crippen molar-refractivity contribution in [3.8, 4) is 5.75 Å². The zero-order chi connectivity index (χ0) is 12.8. The van der Waals surface area contributed by atoms with Crippen LogP contribution in [0.25, 0.3) is 0 Å². The Balaban J connectivity index is 1.79. The minimum absolute atomic E-state index is 0.210. The Morgan fingerprint density at radius 1 is 1.17 bits per heavy atom. The summed E-state index contributed by atoms with van der Waals surface area (Å²) >= 11 is 8.09. The van der Waals surface area contributed by atoms with E-state index < -0.39 is 0 Å². The maximum Gasteiger partial charge on any atom is 0.118 e. The normalized spacial score (nSPS) is 12.3. The quantitative estimate of drug-likeness (QED) is 0.706. The number of halogens is 1. The second kappa shape index (κ2) is 6.81. The van der Waals surface area contributed by atoms with E-state index in [-0.39, 0.29) is 5.38 Å². The van der Waals surface area contributed by atoms with Crippen LogP contribution < -0.4 is 4.74 Å². The third-order valence-corrected chi connectivity index (χ3v) is 4.05. The highest BCUT2D eigenvalue weighted by atomic mass is 35.5. The Kier molecular flexibility index (Phi) is 5.09. The highest BCUT2D eigenvalue weighted by Crippen LogP contribution is 2.18. The van der Waals surface area contributed by atoms with Gasteiger partial charge in [-0.15, -0.1) is 11.6 Å². The fourth-order valence-corrected chi connectivity index (χ4v) is 2.85. The molecule has 2 aromatic rings. The molecule has 0 N–H and O–H groups in total. The first-order valence-corrected chi connectivity index (χ1v) is 7.44. The summed E-state index contributed by atoms with van der Waals surface area (Å²) < 4.78 is 5.14. The molecule has 0 spiro atoms. The van der Waals surface area contributed by atoms with Crippen LogP contribution in [-0.4, -0.2) is 12.5 Å². The molecule has 1 aromatic carbocycles. The standard InChI is InChI=1S/C15H17ClOS/c1-17-15-6-3-12(4-7-15)2-5-14(16)10-13-8-9-18-11-13/h3-4,6-9,11,14H,2,5,10H2,1H3. The molecule has 3 heteroatoms. The molecular formula is C15H17ClOS. The Morgan fingerprint density at radius 2 is 1.94 bits per heavy atom. The summed E-state index contributed by atoms with van der Waals surface area (Å²) in [6.45, 7) is 0. The highest BCUT2D eigenvalue weighted by Gasteiger charge is 2.07. The molecule has 0 saturated heterocycles. The molecule has 1 nitrogen and oxygen atoms in total. The van der Waals surface area contributed by atoms with E-state index in [1.807, 2.05) is 12.1 Å². The van der Waals surface area contributed by atoms with Crippen LogP contribution >= 0.6 is 22.9 Å². The van der Waals surface area contributed by atoms with Gasteiger partial charge in [0.05, 0.1) is 7.11 Å². The number of thiophene rings is 1. The summed E-state index contributed by atoms with van der Waals surface area (Å²) in [7, 11) is 1.69. The van der Waals surface area contributed by atoms with Crippen LogP contribution in [0.15, 0.2) is 41.1 Å². The zero-order valence-electron chi connectivity index (χ0n) is 10.4. The first-order valence-electron chi connectivity index (χ1n) is 6.06. The average Bonchev–Trinajstić information content (AvgIpc) is 2.90. The van der Waals surface area contributed by atoms with E-state index in [0.29, 0.717) is 0 Å². The van der Waals surface area contributed by atoms with Crippen LogP contribution in [0.2, 0.25) is 0 Å². The Morgan fingerprint density at radius 3 is 2.56 bits per heavy atom. The van der Waals surface area contributed by atoms with Gasteiger partial charge in [-0.05, 0) is 59.3 Å². The number of ether oxygens (including phenoxy) is 1. The lowest BCUT2D eigenvalue weighted by atomic mass is 10.0. The number of hydrogen-bond donors (Lipinski definition) is 0. The molecule has 2 rings (SSSR count). The maximum atomic E-state index is 6.36. The third-order valence-electron chi connectivity index (χ3n) is 2.94. The van der Waals surface area contributed by atoms with Gasteiger partial charge in [0.15, 0.2) is 0 Å². The molecule has 1 atom stereocenters. The molecule has 0 aliphatic heterocycles. The van der Waals surface area contributed by atoms with Crippen molar-refractivity contribution in [1.29, 1.82) is 0 Å². The van der Waals surface area contributed by atoms with Gasteiger partial charge >= 0.3 is 0 Å². The van der Waals surface area contributed by atoms with Crippen LogP contribution in [0.5, 0.6) is 5.75 Å². The van der Waals surface area contributed by atoms with Crippen molar-refractivity contribution in [1.82, 2.24) is 0 Å². The largest absolute Gasteiger partial charge is 0.497 e. The van der Waals surface area contributed by atoms with E-state index in [1.165, 1.54) is 11.1 Å². The van der Waals surface area contributed by atoms with Crippen molar-refractivity contribution >= 4 is 22.9 Å². The first kappa shape index (κ1) is 13.4. The molecule has 0 aliphatic carbocycles. The minimum atomic E-state index is 0.210. The molecule has 1 aromatic heterocycles. The van der Waals surface area contributed by atoms with E-state index in [9.17, 15) is 0 Å². The van der Waals surface area contributed by atoms with Crippen molar-refractivity contribution in [3.05, 3.63) is 52.2 Å². The highest BCUT2D eigenvalue weighted by molar-refractivity contribution is 7.07. The molecule has 0 fully saturated rings. The van der Waals surface area contributed by atoms with Gasteiger partial charge in [0, 0.05) is 5.38 Å². The lowest BCUT2D eigenvalue weighted by Crippen LogP contribution is -2.04. The summed E-state index contributed by atoms with van der Waals surface area (Å²) in [4.78, 5) is 0. The van der Waals surface area contributed by atoms with Crippen LogP contribution in [0.3, 0.4) is 0 Å². The topological polar surface area (TPSA) is 9.23 Å². The molecule has 1 unspecified atom stereocenters. The van der Waals surface area contributed by atoms with Crippen molar-refractivity contribution in [3.63, 3.8) is 0 Å². The Hall–Kier alpha value is -0.990. The first-order chi connectivity index (χ1) is 8.78. The summed E-state index contributed by atoms with van der Waals surface area (Å²) in [5.74, 6) is 0.902. The fraction of sp³-hybridized carbons (Fsp3) is 0.333. The van der Waals surface area contributed by atoms with E-state index >= 15 is 0 Å². The second-order valence-corrected chi connectivity index (χ2v) is 5.72. The van der Waals surface area contributed by atoms with Crippen molar-refractivity contribution in [2.75, 3.05) is 7.11 Å². The SMILES string of the molecule is COc1ccc(CCC(Cl)Cc2ccsc2)cc1. The summed E-state index contributed by atoms with van der Waals surface area (Å²) in [5, 5.41) is 4.48. The number of alkyl halides is 1. The molecule has 1 heterocycles. The van der Waals surface area contributed by atoms with E-state index in [2.05, 4.69) is 29.0 Å².